The van der Waals surface area contributed by atoms with Crippen LogP contribution in [0, 0.1) is 0 Å². The minimum atomic E-state index is -0.672. The standard InChI is InChI=1S/C12H18N4O4/c1-4-6-7-8(20-12(2,3)19-7)11(18-6)16-5-14-10(15-16)9(13)17/h5-8,11H,4H2,1-3H3,(H2,13,17)/t6-,7?,8+,11-/m1/s1. The maximum atomic E-state index is 11.1. The summed E-state index contributed by atoms with van der Waals surface area (Å²) in [5.74, 6) is -1.37. The molecule has 2 N–H and O–H groups in total. The average Bonchev–Trinajstić information content (AvgIpc) is 3.01. The van der Waals surface area contributed by atoms with Gasteiger partial charge in [0.1, 0.15) is 18.5 Å². The van der Waals surface area contributed by atoms with E-state index in [1.54, 1.807) is 0 Å². The molecule has 1 amide bonds. The summed E-state index contributed by atoms with van der Waals surface area (Å²) in [5.41, 5.74) is 5.16. The van der Waals surface area contributed by atoms with Gasteiger partial charge in [-0.3, -0.25) is 4.79 Å². The maximum absolute atomic E-state index is 11.1. The normalized spacial score (nSPS) is 35.1. The number of amides is 1. The second-order valence-corrected chi connectivity index (χ2v) is 5.45. The lowest BCUT2D eigenvalue weighted by Crippen LogP contribution is -2.28. The minimum Gasteiger partial charge on any atom is -0.363 e. The Balaban J connectivity index is 1.87. The van der Waals surface area contributed by atoms with Crippen molar-refractivity contribution >= 4 is 5.91 Å². The highest BCUT2D eigenvalue weighted by atomic mass is 16.8. The zero-order valence-corrected chi connectivity index (χ0v) is 11.6. The Morgan fingerprint density at radius 3 is 2.75 bits per heavy atom. The highest BCUT2D eigenvalue weighted by Gasteiger charge is 2.55. The number of primary amides is 1. The van der Waals surface area contributed by atoms with Crippen LogP contribution in [0.3, 0.4) is 0 Å². The van der Waals surface area contributed by atoms with Gasteiger partial charge in [0.25, 0.3) is 5.91 Å². The zero-order chi connectivity index (χ0) is 14.5. The van der Waals surface area contributed by atoms with Gasteiger partial charge in [0.15, 0.2) is 12.0 Å². The highest BCUT2D eigenvalue weighted by molar-refractivity contribution is 5.88. The zero-order valence-electron chi connectivity index (χ0n) is 11.6. The molecule has 2 saturated heterocycles. The van der Waals surface area contributed by atoms with E-state index in [1.165, 1.54) is 11.0 Å². The van der Waals surface area contributed by atoms with Gasteiger partial charge in [-0.25, -0.2) is 9.67 Å². The molecule has 0 aromatic carbocycles. The van der Waals surface area contributed by atoms with Crippen LogP contribution >= 0.6 is 0 Å². The van der Waals surface area contributed by atoms with E-state index < -0.39 is 17.9 Å². The van der Waals surface area contributed by atoms with Crippen LogP contribution in [0.5, 0.6) is 0 Å². The van der Waals surface area contributed by atoms with Crippen molar-refractivity contribution < 1.29 is 19.0 Å². The second kappa shape index (κ2) is 4.51. The smallest absolute Gasteiger partial charge is 0.288 e. The van der Waals surface area contributed by atoms with Crippen molar-refractivity contribution in [2.45, 2.75) is 57.5 Å². The number of carbonyl (C=O) groups is 1. The molecule has 1 aromatic heterocycles. The van der Waals surface area contributed by atoms with Gasteiger partial charge in [-0.05, 0) is 20.3 Å². The third-order valence-corrected chi connectivity index (χ3v) is 3.52. The van der Waals surface area contributed by atoms with Gasteiger partial charge in [0.2, 0.25) is 5.82 Å². The summed E-state index contributed by atoms with van der Waals surface area (Å²) in [5, 5.41) is 4.04. The monoisotopic (exact) mass is 282 g/mol. The topological polar surface area (TPSA) is 101 Å². The van der Waals surface area contributed by atoms with Crippen molar-refractivity contribution in [2.24, 2.45) is 5.73 Å². The molecule has 1 aromatic rings. The molecule has 3 rings (SSSR count). The summed E-state index contributed by atoms with van der Waals surface area (Å²) in [6.07, 6.45) is 1.25. The van der Waals surface area contributed by atoms with Crippen molar-refractivity contribution in [3.05, 3.63) is 12.2 Å². The van der Waals surface area contributed by atoms with Gasteiger partial charge in [-0.1, -0.05) is 6.92 Å². The van der Waals surface area contributed by atoms with Gasteiger partial charge >= 0.3 is 0 Å². The quantitative estimate of drug-likeness (QED) is 0.850. The van der Waals surface area contributed by atoms with E-state index >= 15 is 0 Å². The molecule has 0 saturated carbocycles. The van der Waals surface area contributed by atoms with Crippen molar-refractivity contribution in [1.29, 1.82) is 0 Å². The molecule has 0 bridgehead atoms. The van der Waals surface area contributed by atoms with Gasteiger partial charge in [-0.2, -0.15) is 0 Å². The largest absolute Gasteiger partial charge is 0.363 e. The fourth-order valence-electron chi connectivity index (χ4n) is 2.71. The molecule has 8 heteroatoms. The first-order valence-electron chi connectivity index (χ1n) is 6.63. The molecule has 8 nitrogen and oxygen atoms in total. The second-order valence-electron chi connectivity index (χ2n) is 5.45. The Morgan fingerprint density at radius 2 is 2.15 bits per heavy atom. The molecule has 3 heterocycles. The number of nitrogens with two attached hydrogens (primary N) is 1. The first-order valence-corrected chi connectivity index (χ1v) is 6.63. The fraction of sp³-hybridized carbons (Fsp3) is 0.750. The number of ether oxygens (including phenoxy) is 3. The third kappa shape index (κ3) is 2.09. The number of hydrogen-bond donors (Lipinski definition) is 1. The average molecular weight is 282 g/mol. The van der Waals surface area contributed by atoms with Gasteiger partial charge in [0.05, 0.1) is 6.10 Å². The molecular weight excluding hydrogens is 264 g/mol. The maximum Gasteiger partial charge on any atom is 0.288 e. The number of nitrogens with zero attached hydrogens (tertiary/aromatic N) is 3. The van der Waals surface area contributed by atoms with E-state index in [0.717, 1.165) is 6.42 Å². The summed E-state index contributed by atoms with van der Waals surface area (Å²) >= 11 is 0. The van der Waals surface area contributed by atoms with Crippen LogP contribution in [-0.2, 0) is 14.2 Å². The molecule has 0 radical (unpaired) electrons. The van der Waals surface area contributed by atoms with E-state index in [9.17, 15) is 4.79 Å². The fourth-order valence-corrected chi connectivity index (χ4v) is 2.71. The predicted octanol–water partition coefficient (Wildman–Crippen LogP) is 0.204. The first kappa shape index (κ1) is 13.5. The Morgan fingerprint density at radius 1 is 1.45 bits per heavy atom. The third-order valence-electron chi connectivity index (χ3n) is 3.52. The molecule has 110 valence electrons. The number of carbonyl (C=O) groups excluding carboxylic acids is 1. The van der Waals surface area contributed by atoms with Crippen LogP contribution in [0.2, 0.25) is 0 Å². The number of rotatable bonds is 3. The van der Waals surface area contributed by atoms with E-state index in [-0.39, 0.29) is 24.1 Å². The molecule has 2 aliphatic rings. The molecular formula is C12H18N4O4. The van der Waals surface area contributed by atoms with Crippen LogP contribution in [0.25, 0.3) is 0 Å². The molecule has 4 atom stereocenters. The molecule has 2 aliphatic heterocycles. The van der Waals surface area contributed by atoms with Crippen LogP contribution in [0.15, 0.2) is 6.33 Å². The van der Waals surface area contributed by atoms with E-state index in [1.807, 2.05) is 20.8 Å². The van der Waals surface area contributed by atoms with Gasteiger partial charge < -0.3 is 19.9 Å². The Kier molecular flexibility index (Phi) is 3.03. The van der Waals surface area contributed by atoms with Crippen molar-refractivity contribution in [3.63, 3.8) is 0 Å². The van der Waals surface area contributed by atoms with Gasteiger partial charge in [0, 0.05) is 0 Å². The predicted molar refractivity (Wildman–Crippen MR) is 66.6 cm³/mol. The molecule has 2 fully saturated rings. The SMILES string of the molecule is CC[C@H]1O[C@@H](n2cnc(C(N)=O)n2)[C@H]2OC(C)(C)OC12. The molecule has 0 spiro atoms. The number of aromatic nitrogens is 3. The van der Waals surface area contributed by atoms with Crippen molar-refractivity contribution in [1.82, 2.24) is 14.8 Å². The Labute approximate surface area is 116 Å². The van der Waals surface area contributed by atoms with Crippen LogP contribution in [-0.4, -0.2) is 44.8 Å². The van der Waals surface area contributed by atoms with E-state index in [2.05, 4.69) is 10.1 Å². The highest BCUT2D eigenvalue weighted by Crippen LogP contribution is 2.43. The lowest BCUT2D eigenvalue weighted by Gasteiger charge is -2.23. The lowest BCUT2D eigenvalue weighted by molar-refractivity contribution is -0.198. The van der Waals surface area contributed by atoms with Crippen LogP contribution in [0.4, 0.5) is 0 Å². The van der Waals surface area contributed by atoms with Crippen LogP contribution in [0.1, 0.15) is 44.0 Å². The first-order chi connectivity index (χ1) is 9.41. The number of fused-ring (bicyclic) bond motifs is 1. The summed E-state index contributed by atoms with van der Waals surface area (Å²) in [6, 6.07) is 0. The lowest BCUT2D eigenvalue weighted by atomic mass is 10.1. The summed E-state index contributed by atoms with van der Waals surface area (Å²) in [7, 11) is 0. The molecule has 1 unspecified atom stereocenters. The van der Waals surface area contributed by atoms with E-state index in [4.69, 9.17) is 19.9 Å². The van der Waals surface area contributed by atoms with Gasteiger partial charge in [-0.15, -0.1) is 5.10 Å². The Bertz CT molecular complexity index is 529. The summed E-state index contributed by atoms with van der Waals surface area (Å²) in [6.45, 7) is 5.76. The van der Waals surface area contributed by atoms with Crippen molar-refractivity contribution in [3.8, 4) is 0 Å². The minimum absolute atomic E-state index is 0.0386. The summed E-state index contributed by atoms with van der Waals surface area (Å²) in [4.78, 5) is 14.9. The van der Waals surface area contributed by atoms with Crippen molar-refractivity contribution in [2.75, 3.05) is 0 Å². The van der Waals surface area contributed by atoms with E-state index in [0.29, 0.717) is 0 Å². The molecule has 20 heavy (non-hydrogen) atoms. The Hall–Kier alpha value is -1.51. The number of hydrogen-bond acceptors (Lipinski definition) is 6. The van der Waals surface area contributed by atoms with Crippen LogP contribution < -0.4 is 5.73 Å². The summed E-state index contributed by atoms with van der Waals surface area (Å²) < 4.78 is 19.2. The molecule has 0 aliphatic carbocycles.